The van der Waals surface area contributed by atoms with Crippen molar-refractivity contribution in [3.8, 4) is 0 Å². The molecule has 1 aromatic rings. The average molecular weight is 279 g/mol. The van der Waals surface area contributed by atoms with Crippen LogP contribution in [0.5, 0.6) is 0 Å². The maximum absolute atomic E-state index is 4.45. The Balaban J connectivity index is 1.67. The minimum atomic E-state index is 0.544. The maximum atomic E-state index is 4.45. The zero-order chi connectivity index (χ0) is 13.2. The topological polar surface area (TPSA) is 29.9 Å². The maximum Gasteiger partial charge on any atom is 0.0540 e. The Hall–Kier alpha value is -0.480. The Labute approximate surface area is 120 Å². The van der Waals surface area contributed by atoms with E-state index in [0.717, 1.165) is 5.25 Å². The summed E-state index contributed by atoms with van der Waals surface area (Å²) in [6.07, 6.45) is 13.6. The van der Waals surface area contributed by atoms with E-state index in [2.05, 4.69) is 34.6 Å². The molecule has 0 saturated heterocycles. The van der Waals surface area contributed by atoms with Crippen LogP contribution < -0.4 is 5.32 Å². The van der Waals surface area contributed by atoms with Crippen LogP contribution in [-0.2, 0) is 13.5 Å². The summed E-state index contributed by atoms with van der Waals surface area (Å²) >= 11 is 2.04. The van der Waals surface area contributed by atoms with Gasteiger partial charge in [0.2, 0.25) is 0 Å². The first-order valence-electron chi connectivity index (χ1n) is 7.57. The van der Waals surface area contributed by atoms with Crippen molar-refractivity contribution in [1.29, 1.82) is 0 Å². The first-order chi connectivity index (χ1) is 9.28. The molecular weight excluding hydrogens is 254 g/mol. The number of rotatable bonds is 3. The molecule has 0 amide bonds. The summed E-state index contributed by atoms with van der Waals surface area (Å²) in [5, 5.41) is 9.23. The van der Waals surface area contributed by atoms with E-state index in [4.69, 9.17) is 0 Å². The van der Waals surface area contributed by atoms with Crippen molar-refractivity contribution in [2.24, 2.45) is 7.05 Å². The largest absolute Gasteiger partial charge is 0.307 e. The van der Waals surface area contributed by atoms with Crippen molar-refractivity contribution < 1.29 is 0 Å². The van der Waals surface area contributed by atoms with Crippen molar-refractivity contribution in [3.63, 3.8) is 0 Å². The highest BCUT2D eigenvalue weighted by atomic mass is 32.2. The molecule has 2 aliphatic rings. The molecule has 3 nitrogen and oxygen atoms in total. The van der Waals surface area contributed by atoms with Gasteiger partial charge < -0.3 is 5.32 Å². The SMILES string of the molecule is CSC1CCCC(NC2CCCc3c2cnn3C)C1. The summed E-state index contributed by atoms with van der Waals surface area (Å²) in [6, 6.07) is 1.26. The van der Waals surface area contributed by atoms with Gasteiger partial charge in [-0.25, -0.2) is 0 Å². The fourth-order valence-corrected chi connectivity index (χ4v) is 4.50. The van der Waals surface area contributed by atoms with Crippen LogP contribution in [0.1, 0.15) is 55.8 Å². The molecule has 1 saturated carbocycles. The van der Waals surface area contributed by atoms with Crippen LogP contribution in [0.3, 0.4) is 0 Å². The lowest BCUT2D eigenvalue weighted by Crippen LogP contribution is -2.38. The Bertz CT molecular complexity index is 429. The molecule has 0 radical (unpaired) electrons. The second-order valence-corrected chi connectivity index (χ2v) is 7.14. The quantitative estimate of drug-likeness (QED) is 0.922. The predicted molar refractivity (Wildman–Crippen MR) is 81.6 cm³/mol. The molecule has 1 N–H and O–H groups in total. The molecule has 4 heteroatoms. The van der Waals surface area contributed by atoms with Gasteiger partial charge in [-0.05, 0) is 44.8 Å². The molecule has 0 spiro atoms. The van der Waals surface area contributed by atoms with Crippen LogP contribution in [0.25, 0.3) is 0 Å². The Morgan fingerprint density at radius 2 is 2.21 bits per heavy atom. The third kappa shape index (κ3) is 2.84. The molecule has 3 rings (SSSR count). The van der Waals surface area contributed by atoms with Gasteiger partial charge in [-0.3, -0.25) is 4.68 Å². The van der Waals surface area contributed by atoms with Crippen molar-refractivity contribution >= 4 is 11.8 Å². The molecule has 1 heterocycles. The second kappa shape index (κ2) is 5.88. The van der Waals surface area contributed by atoms with Gasteiger partial charge in [-0.1, -0.05) is 6.42 Å². The summed E-state index contributed by atoms with van der Waals surface area (Å²) in [7, 11) is 2.07. The summed E-state index contributed by atoms with van der Waals surface area (Å²) in [5.74, 6) is 0. The molecule has 106 valence electrons. The van der Waals surface area contributed by atoms with E-state index < -0.39 is 0 Å². The third-order valence-corrected chi connectivity index (χ3v) is 5.87. The molecule has 3 unspecified atom stereocenters. The number of fused-ring (bicyclic) bond motifs is 1. The van der Waals surface area contributed by atoms with Crippen LogP contribution in [0.15, 0.2) is 6.20 Å². The van der Waals surface area contributed by atoms with Crippen LogP contribution in [0.4, 0.5) is 0 Å². The normalized spacial score (nSPS) is 31.2. The van der Waals surface area contributed by atoms with Crippen LogP contribution in [0, 0.1) is 0 Å². The number of thioether (sulfide) groups is 1. The molecular formula is C15H25N3S. The number of nitrogens with one attached hydrogen (secondary N) is 1. The predicted octanol–water partition coefficient (Wildman–Crippen LogP) is 3.06. The van der Waals surface area contributed by atoms with E-state index >= 15 is 0 Å². The molecule has 2 aliphatic carbocycles. The molecule has 0 aromatic carbocycles. The van der Waals surface area contributed by atoms with Crippen LogP contribution in [0.2, 0.25) is 0 Å². The molecule has 0 aliphatic heterocycles. The number of hydrogen-bond acceptors (Lipinski definition) is 3. The van der Waals surface area contributed by atoms with E-state index in [9.17, 15) is 0 Å². The lowest BCUT2D eigenvalue weighted by atomic mass is 9.89. The van der Waals surface area contributed by atoms with Crippen molar-refractivity contribution in [2.75, 3.05) is 6.26 Å². The van der Waals surface area contributed by atoms with E-state index in [1.165, 1.54) is 56.2 Å². The first kappa shape index (κ1) is 13.5. The Morgan fingerprint density at radius 3 is 3.05 bits per heavy atom. The van der Waals surface area contributed by atoms with Crippen LogP contribution >= 0.6 is 11.8 Å². The summed E-state index contributed by atoms with van der Waals surface area (Å²) in [4.78, 5) is 0. The fraction of sp³-hybridized carbons (Fsp3) is 0.800. The number of hydrogen-bond donors (Lipinski definition) is 1. The zero-order valence-corrected chi connectivity index (χ0v) is 12.9. The molecule has 19 heavy (non-hydrogen) atoms. The highest BCUT2D eigenvalue weighted by Gasteiger charge is 2.28. The van der Waals surface area contributed by atoms with Gasteiger partial charge in [0, 0.05) is 35.6 Å². The van der Waals surface area contributed by atoms with E-state index in [1.54, 1.807) is 0 Å². The number of nitrogens with zero attached hydrogens (tertiary/aromatic N) is 2. The summed E-state index contributed by atoms with van der Waals surface area (Å²) in [6.45, 7) is 0. The first-order valence-corrected chi connectivity index (χ1v) is 8.86. The van der Waals surface area contributed by atoms with Gasteiger partial charge in [-0.2, -0.15) is 16.9 Å². The van der Waals surface area contributed by atoms with Gasteiger partial charge in [0.25, 0.3) is 0 Å². The van der Waals surface area contributed by atoms with Crippen molar-refractivity contribution in [3.05, 3.63) is 17.5 Å². The van der Waals surface area contributed by atoms with Crippen molar-refractivity contribution in [1.82, 2.24) is 15.1 Å². The average Bonchev–Trinajstić information content (AvgIpc) is 2.82. The molecule has 1 aromatic heterocycles. The van der Waals surface area contributed by atoms with E-state index in [0.29, 0.717) is 12.1 Å². The highest BCUT2D eigenvalue weighted by molar-refractivity contribution is 7.99. The van der Waals surface area contributed by atoms with Crippen LogP contribution in [-0.4, -0.2) is 27.3 Å². The van der Waals surface area contributed by atoms with Gasteiger partial charge >= 0.3 is 0 Å². The monoisotopic (exact) mass is 279 g/mol. The third-order valence-electron chi connectivity index (χ3n) is 4.77. The summed E-state index contributed by atoms with van der Waals surface area (Å²) < 4.78 is 2.06. The van der Waals surface area contributed by atoms with Gasteiger partial charge in [-0.15, -0.1) is 0 Å². The lowest BCUT2D eigenvalue weighted by molar-refractivity contribution is 0.324. The fourth-order valence-electron chi connectivity index (χ4n) is 3.67. The standard InChI is InChI=1S/C15H25N3S/c1-18-15-8-4-7-14(13(15)10-16-18)17-11-5-3-6-12(9-11)19-2/h10-12,14,17H,3-9H2,1-2H3. The summed E-state index contributed by atoms with van der Waals surface area (Å²) in [5.41, 5.74) is 2.90. The molecule has 1 fully saturated rings. The molecule has 3 atom stereocenters. The van der Waals surface area contributed by atoms with E-state index in [1.807, 2.05) is 11.8 Å². The van der Waals surface area contributed by atoms with Gasteiger partial charge in [0.1, 0.15) is 0 Å². The second-order valence-electron chi connectivity index (χ2n) is 6.00. The van der Waals surface area contributed by atoms with Gasteiger partial charge in [0.15, 0.2) is 0 Å². The number of aryl methyl sites for hydroxylation is 1. The van der Waals surface area contributed by atoms with Gasteiger partial charge in [0.05, 0.1) is 6.20 Å². The smallest absolute Gasteiger partial charge is 0.0540 e. The lowest BCUT2D eigenvalue weighted by Gasteiger charge is -2.33. The van der Waals surface area contributed by atoms with E-state index in [-0.39, 0.29) is 0 Å². The number of aromatic nitrogens is 2. The Kier molecular flexibility index (Phi) is 4.18. The Morgan fingerprint density at radius 1 is 1.32 bits per heavy atom. The highest BCUT2D eigenvalue weighted by Crippen LogP contribution is 2.33. The van der Waals surface area contributed by atoms with Crippen molar-refractivity contribution in [2.45, 2.75) is 62.3 Å². The zero-order valence-electron chi connectivity index (χ0n) is 12.1. The minimum Gasteiger partial charge on any atom is -0.307 e. The molecule has 0 bridgehead atoms. The minimum absolute atomic E-state index is 0.544.